The van der Waals surface area contributed by atoms with Crippen molar-refractivity contribution in [2.75, 3.05) is 0 Å². The largest absolute Gasteiger partial charge is 0.411 e. The van der Waals surface area contributed by atoms with Gasteiger partial charge in [0.1, 0.15) is 0 Å². The molecule has 0 saturated heterocycles. The molecule has 0 aromatic rings. The van der Waals surface area contributed by atoms with Gasteiger partial charge in [0.05, 0.1) is 5.71 Å². The summed E-state index contributed by atoms with van der Waals surface area (Å²) in [4.78, 5) is 0. The van der Waals surface area contributed by atoms with Gasteiger partial charge in [0, 0.05) is 5.92 Å². The first-order valence-corrected chi connectivity index (χ1v) is 4.18. The number of fused-ring (bicyclic) bond motifs is 2. The van der Waals surface area contributed by atoms with Crippen molar-refractivity contribution in [3.63, 3.8) is 0 Å². The van der Waals surface area contributed by atoms with Gasteiger partial charge in [-0.3, -0.25) is 0 Å². The maximum Gasteiger partial charge on any atom is 0.0576 e. The Morgan fingerprint density at radius 1 is 1.45 bits per heavy atom. The van der Waals surface area contributed by atoms with Gasteiger partial charge in [0.15, 0.2) is 0 Å². The Labute approximate surface area is 66.6 Å². The van der Waals surface area contributed by atoms with Crippen molar-refractivity contribution in [3.05, 3.63) is 12.2 Å². The number of allylic oxidation sites excluding steroid dienone is 2. The van der Waals surface area contributed by atoms with E-state index in [9.17, 15) is 0 Å². The second kappa shape index (κ2) is 2.36. The smallest absolute Gasteiger partial charge is 0.0576 e. The molecule has 0 radical (unpaired) electrons. The molecule has 2 aliphatic carbocycles. The first kappa shape index (κ1) is 6.89. The van der Waals surface area contributed by atoms with Gasteiger partial charge in [-0.15, -0.1) is 0 Å². The van der Waals surface area contributed by atoms with Gasteiger partial charge in [-0.2, -0.15) is 0 Å². The van der Waals surface area contributed by atoms with E-state index in [1.807, 2.05) is 6.92 Å². The topological polar surface area (TPSA) is 32.6 Å². The lowest BCUT2D eigenvalue weighted by Crippen LogP contribution is -2.15. The van der Waals surface area contributed by atoms with Gasteiger partial charge >= 0.3 is 0 Å². The molecule has 2 bridgehead atoms. The average Bonchev–Trinajstić information content (AvgIpc) is 2.62. The van der Waals surface area contributed by atoms with Crippen molar-refractivity contribution in [3.8, 4) is 0 Å². The van der Waals surface area contributed by atoms with Crippen LogP contribution in [0.5, 0.6) is 0 Å². The molecular weight excluding hydrogens is 138 g/mol. The Hall–Kier alpha value is -0.790. The summed E-state index contributed by atoms with van der Waals surface area (Å²) in [5.74, 6) is 1.95. The summed E-state index contributed by atoms with van der Waals surface area (Å²) >= 11 is 0. The summed E-state index contributed by atoms with van der Waals surface area (Å²) in [7, 11) is 0. The summed E-state index contributed by atoms with van der Waals surface area (Å²) in [6, 6.07) is 0. The third-order valence-corrected chi connectivity index (χ3v) is 2.97. The number of rotatable bonds is 1. The Bertz CT molecular complexity index is 220. The van der Waals surface area contributed by atoms with Crippen LogP contribution in [-0.2, 0) is 0 Å². The maximum atomic E-state index is 8.59. The van der Waals surface area contributed by atoms with E-state index in [2.05, 4.69) is 17.3 Å². The Kier molecular flexibility index (Phi) is 1.48. The zero-order valence-electron chi connectivity index (χ0n) is 6.70. The van der Waals surface area contributed by atoms with Crippen molar-refractivity contribution in [1.82, 2.24) is 0 Å². The molecule has 1 saturated carbocycles. The van der Waals surface area contributed by atoms with Crippen LogP contribution in [0.1, 0.15) is 19.8 Å². The minimum absolute atomic E-state index is 0.523. The Balaban J connectivity index is 2.14. The normalized spacial score (nSPS) is 41.9. The summed E-state index contributed by atoms with van der Waals surface area (Å²) in [6.07, 6.45) is 7.04. The monoisotopic (exact) mass is 151 g/mol. The predicted molar refractivity (Wildman–Crippen MR) is 43.7 cm³/mol. The number of hydrogen-bond donors (Lipinski definition) is 1. The van der Waals surface area contributed by atoms with Crippen LogP contribution >= 0.6 is 0 Å². The van der Waals surface area contributed by atoms with Crippen LogP contribution in [0.25, 0.3) is 0 Å². The maximum absolute atomic E-state index is 8.59. The number of nitrogens with zero attached hydrogens (tertiary/aromatic N) is 1. The van der Waals surface area contributed by atoms with E-state index in [0.29, 0.717) is 11.8 Å². The van der Waals surface area contributed by atoms with E-state index < -0.39 is 0 Å². The van der Waals surface area contributed by atoms with Crippen LogP contribution in [-0.4, -0.2) is 10.9 Å². The van der Waals surface area contributed by atoms with Crippen LogP contribution in [0.4, 0.5) is 0 Å². The molecule has 1 N–H and O–H groups in total. The molecule has 2 rings (SSSR count). The molecule has 2 heteroatoms. The highest BCUT2D eigenvalue weighted by atomic mass is 16.4. The van der Waals surface area contributed by atoms with Gasteiger partial charge in [-0.25, -0.2) is 0 Å². The molecule has 0 spiro atoms. The molecule has 2 aliphatic rings. The quantitative estimate of drug-likeness (QED) is 0.264. The zero-order valence-corrected chi connectivity index (χ0v) is 6.70. The Morgan fingerprint density at radius 3 is 2.73 bits per heavy atom. The van der Waals surface area contributed by atoms with E-state index in [4.69, 9.17) is 5.21 Å². The summed E-state index contributed by atoms with van der Waals surface area (Å²) in [6.45, 7) is 1.92. The first-order chi connectivity index (χ1) is 5.31. The summed E-state index contributed by atoms with van der Waals surface area (Å²) < 4.78 is 0. The SMILES string of the molecule is C/C(=N\O)[C@H]1C[C@H]2C=C[C@@H]1C2. The van der Waals surface area contributed by atoms with Crippen LogP contribution in [0.2, 0.25) is 0 Å². The molecule has 3 atom stereocenters. The van der Waals surface area contributed by atoms with Gasteiger partial charge in [-0.1, -0.05) is 17.3 Å². The molecule has 0 unspecified atom stereocenters. The standard InChI is InChI=1S/C9H13NO/c1-6(10-11)9-5-7-2-3-8(9)4-7/h2-3,7-9,11H,4-5H2,1H3/b10-6+/t7-,8+,9+/m0/s1. The minimum atomic E-state index is 0.523. The van der Waals surface area contributed by atoms with E-state index in [1.54, 1.807) is 0 Å². The van der Waals surface area contributed by atoms with Crippen molar-refractivity contribution in [2.45, 2.75) is 19.8 Å². The highest BCUT2D eigenvalue weighted by Crippen LogP contribution is 2.43. The third kappa shape index (κ3) is 0.971. The molecule has 1 fully saturated rings. The minimum Gasteiger partial charge on any atom is -0.411 e. The highest BCUT2D eigenvalue weighted by Gasteiger charge is 2.37. The molecule has 0 heterocycles. The third-order valence-electron chi connectivity index (χ3n) is 2.97. The average molecular weight is 151 g/mol. The van der Waals surface area contributed by atoms with Crippen LogP contribution in [0, 0.1) is 17.8 Å². The number of hydrogen-bond acceptors (Lipinski definition) is 2. The van der Waals surface area contributed by atoms with Crippen molar-refractivity contribution in [2.24, 2.45) is 22.9 Å². The van der Waals surface area contributed by atoms with Crippen molar-refractivity contribution < 1.29 is 5.21 Å². The van der Waals surface area contributed by atoms with Gasteiger partial charge < -0.3 is 5.21 Å². The van der Waals surface area contributed by atoms with Gasteiger partial charge in [0.25, 0.3) is 0 Å². The summed E-state index contributed by atoms with van der Waals surface area (Å²) in [5, 5.41) is 11.9. The van der Waals surface area contributed by atoms with Crippen molar-refractivity contribution >= 4 is 5.71 Å². The van der Waals surface area contributed by atoms with Gasteiger partial charge in [0.2, 0.25) is 0 Å². The number of oxime groups is 1. The van der Waals surface area contributed by atoms with E-state index in [0.717, 1.165) is 11.6 Å². The lowest BCUT2D eigenvalue weighted by atomic mass is 9.90. The van der Waals surface area contributed by atoms with Crippen molar-refractivity contribution in [1.29, 1.82) is 0 Å². The summed E-state index contributed by atoms with van der Waals surface area (Å²) in [5.41, 5.74) is 0.904. The highest BCUT2D eigenvalue weighted by molar-refractivity contribution is 5.84. The second-order valence-corrected chi connectivity index (χ2v) is 3.63. The molecule has 2 nitrogen and oxygen atoms in total. The molecule has 0 amide bonds. The van der Waals surface area contributed by atoms with E-state index in [-0.39, 0.29) is 0 Å². The fraction of sp³-hybridized carbons (Fsp3) is 0.667. The molecular formula is C9H13NO. The Morgan fingerprint density at radius 2 is 2.27 bits per heavy atom. The lowest BCUT2D eigenvalue weighted by Gasteiger charge is -2.15. The second-order valence-electron chi connectivity index (χ2n) is 3.63. The molecule has 0 aliphatic heterocycles. The molecule has 0 aromatic carbocycles. The van der Waals surface area contributed by atoms with E-state index >= 15 is 0 Å². The fourth-order valence-corrected chi connectivity index (χ4v) is 2.34. The molecule has 60 valence electrons. The molecule has 0 aromatic heterocycles. The van der Waals surface area contributed by atoms with Crippen LogP contribution in [0.15, 0.2) is 17.3 Å². The predicted octanol–water partition coefficient (Wildman–Crippen LogP) is 2.05. The molecule has 11 heavy (non-hydrogen) atoms. The first-order valence-electron chi connectivity index (χ1n) is 4.18. The fourth-order valence-electron chi connectivity index (χ4n) is 2.34. The van der Waals surface area contributed by atoms with Crippen LogP contribution < -0.4 is 0 Å². The van der Waals surface area contributed by atoms with Crippen LogP contribution in [0.3, 0.4) is 0 Å². The van der Waals surface area contributed by atoms with E-state index in [1.165, 1.54) is 12.8 Å². The van der Waals surface area contributed by atoms with Gasteiger partial charge in [-0.05, 0) is 31.6 Å². The zero-order chi connectivity index (χ0) is 7.84. The lowest BCUT2D eigenvalue weighted by molar-refractivity contribution is 0.312.